The second kappa shape index (κ2) is 3.84. The predicted octanol–water partition coefficient (Wildman–Crippen LogP) is 1.27. The van der Waals surface area contributed by atoms with Crippen molar-refractivity contribution in [3.63, 3.8) is 0 Å². The molecule has 1 aromatic heterocycles. The Bertz CT molecular complexity index is 203. The summed E-state index contributed by atoms with van der Waals surface area (Å²) in [4.78, 5) is 0. The zero-order chi connectivity index (χ0) is 7.40. The van der Waals surface area contributed by atoms with Crippen LogP contribution >= 0.6 is 23.4 Å². The lowest BCUT2D eigenvalue weighted by atomic mass is 10.9. The predicted molar refractivity (Wildman–Crippen MR) is 35.3 cm³/mol. The molecular formula is C3H4N2O3S2. The Balaban J connectivity index is 2.42. The lowest BCUT2D eigenvalue weighted by Gasteiger charge is -1.86. The summed E-state index contributed by atoms with van der Waals surface area (Å²) in [6.07, 6.45) is 0. The smallest absolute Gasteiger partial charge is 0.204 e. The highest BCUT2D eigenvalue weighted by molar-refractivity contribution is 7.96. The van der Waals surface area contributed by atoms with Crippen LogP contribution in [-0.4, -0.2) is 15.5 Å². The van der Waals surface area contributed by atoms with E-state index >= 15 is 0 Å². The molecule has 0 radical (unpaired) electrons. The summed E-state index contributed by atoms with van der Waals surface area (Å²) in [5.41, 5.74) is 0. The van der Waals surface area contributed by atoms with E-state index in [0.29, 0.717) is 4.34 Å². The van der Waals surface area contributed by atoms with Crippen LogP contribution in [0.1, 0.15) is 5.01 Å². The van der Waals surface area contributed by atoms with E-state index in [2.05, 4.69) is 19.6 Å². The van der Waals surface area contributed by atoms with E-state index in [0.717, 1.165) is 17.1 Å². The summed E-state index contributed by atoms with van der Waals surface area (Å²) in [5.74, 6) is 0. The van der Waals surface area contributed by atoms with Crippen molar-refractivity contribution in [2.45, 2.75) is 11.3 Å². The van der Waals surface area contributed by atoms with Gasteiger partial charge in [0.25, 0.3) is 0 Å². The van der Waals surface area contributed by atoms with Gasteiger partial charge in [-0.15, -0.1) is 14.5 Å². The van der Waals surface area contributed by atoms with Gasteiger partial charge in [0.1, 0.15) is 17.1 Å². The molecule has 56 valence electrons. The third kappa shape index (κ3) is 2.20. The van der Waals surface area contributed by atoms with Gasteiger partial charge < -0.3 is 0 Å². The van der Waals surface area contributed by atoms with Gasteiger partial charge in [0.15, 0.2) is 0 Å². The fourth-order valence-corrected chi connectivity index (χ4v) is 1.52. The highest BCUT2D eigenvalue weighted by Crippen LogP contribution is 2.22. The molecule has 10 heavy (non-hydrogen) atoms. The maximum atomic E-state index is 7.75. The highest BCUT2D eigenvalue weighted by Gasteiger charge is 2.01. The van der Waals surface area contributed by atoms with Crippen LogP contribution in [0.15, 0.2) is 4.34 Å². The normalized spacial score (nSPS) is 10.2. The van der Waals surface area contributed by atoms with Gasteiger partial charge in [0, 0.05) is 0 Å². The standard InChI is InChI=1S/C3H4N2O3S2/c1-2-4-5-3(9-2)10-8-7-6/h6H,1H3. The SMILES string of the molecule is Cc1nnc(SOOO)s1. The molecule has 0 saturated heterocycles. The fraction of sp³-hybridized carbons (Fsp3) is 0.333. The molecule has 0 aromatic carbocycles. The molecule has 1 heterocycles. The van der Waals surface area contributed by atoms with Gasteiger partial charge in [0.05, 0.1) is 0 Å². The number of rotatable bonds is 3. The van der Waals surface area contributed by atoms with Crippen molar-refractivity contribution in [2.24, 2.45) is 0 Å². The Hall–Kier alpha value is -0.210. The molecule has 0 atom stereocenters. The van der Waals surface area contributed by atoms with E-state index in [-0.39, 0.29) is 0 Å². The molecule has 1 rings (SSSR count). The molecule has 5 nitrogen and oxygen atoms in total. The van der Waals surface area contributed by atoms with E-state index in [9.17, 15) is 0 Å². The number of hydrogen-bond donors (Lipinski definition) is 1. The minimum atomic E-state index is 0.589. The second-order valence-corrected chi connectivity index (χ2v) is 3.44. The molecular weight excluding hydrogens is 176 g/mol. The first-order chi connectivity index (χ1) is 4.83. The highest BCUT2D eigenvalue weighted by atomic mass is 32.2. The minimum absolute atomic E-state index is 0.589. The van der Waals surface area contributed by atoms with E-state index in [1.165, 1.54) is 11.3 Å². The topological polar surface area (TPSA) is 64.5 Å². The van der Waals surface area contributed by atoms with Gasteiger partial charge >= 0.3 is 0 Å². The van der Waals surface area contributed by atoms with Crippen LogP contribution in [0.4, 0.5) is 0 Å². The van der Waals surface area contributed by atoms with Crippen molar-refractivity contribution in [1.29, 1.82) is 0 Å². The van der Waals surface area contributed by atoms with Crippen LogP contribution in [0.3, 0.4) is 0 Å². The Kier molecular flexibility index (Phi) is 3.03. The summed E-state index contributed by atoms with van der Waals surface area (Å²) in [6.45, 7) is 1.82. The molecule has 0 aliphatic rings. The van der Waals surface area contributed by atoms with E-state index in [1.54, 1.807) is 0 Å². The third-order valence-electron chi connectivity index (χ3n) is 0.643. The molecule has 0 amide bonds. The van der Waals surface area contributed by atoms with Crippen molar-refractivity contribution in [3.8, 4) is 0 Å². The molecule has 0 aliphatic carbocycles. The van der Waals surface area contributed by atoms with Gasteiger partial charge in [-0.3, -0.25) is 0 Å². The molecule has 7 heteroatoms. The van der Waals surface area contributed by atoms with Crippen molar-refractivity contribution < 1.29 is 14.6 Å². The third-order valence-corrected chi connectivity index (χ3v) is 2.08. The number of hydrogen-bond acceptors (Lipinski definition) is 7. The first-order valence-electron chi connectivity index (χ1n) is 2.28. The molecule has 0 aliphatic heterocycles. The maximum absolute atomic E-state index is 7.75. The summed E-state index contributed by atoms with van der Waals surface area (Å²) >= 11 is 2.17. The van der Waals surface area contributed by atoms with Gasteiger partial charge in [-0.2, -0.15) is 0 Å². The Morgan fingerprint density at radius 1 is 1.60 bits per heavy atom. The Morgan fingerprint density at radius 3 is 2.90 bits per heavy atom. The molecule has 0 fully saturated rings. The molecule has 0 saturated carbocycles. The summed E-state index contributed by atoms with van der Waals surface area (Å²) < 4.78 is 4.70. The van der Waals surface area contributed by atoms with Gasteiger partial charge in [-0.05, 0) is 6.92 Å². The maximum Gasteiger partial charge on any atom is 0.204 e. The lowest BCUT2D eigenvalue weighted by Crippen LogP contribution is -1.77. The lowest BCUT2D eigenvalue weighted by molar-refractivity contribution is -0.432. The average molecular weight is 180 g/mol. The quantitative estimate of drug-likeness (QED) is 0.429. The number of nitrogens with zero attached hydrogens (tertiary/aromatic N) is 2. The van der Waals surface area contributed by atoms with Crippen molar-refractivity contribution in [3.05, 3.63) is 5.01 Å². The average Bonchev–Trinajstić information content (AvgIpc) is 2.31. The minimum Gasteiger partial charge on any atom is -0.220 e. The molecule has 0 unspecified atom stereocenters. The summed E-state index contributed by atoms with van der Waals surface area (Å²) in [6, 6.07) is 0. The Morgan fingerprint density at radius 2 is 2.40 bits per heavy atom. The van der Waals surface area contributed by atoms with Gasteiger partial charge in [-0.1, -0.05) is 16.4 Å². The first kappa shape index (κ1) is 7.89. The van der Waals surface area contributed by atoms with Crippen LogP contribution in [0.5, 0.6) is 0 Å². The summed E-state index contributed by atoms with van der Waals surface area (Å²) in [5, 5.41) is 19.3. The second-order valence-electron chi connectivity index (χ2n) is 1.31. The van der Waals surface area contributed by atoms with Gasteiger partial charge in [-0.25, -0.2) is 5.26 Å². The summed E-state index contributed by atoms with van der Waals surface area (Å²) in [7, 11) is 0. The molecule has 1 aromatic rings. The monoisotopic (exact) mass is 180 g/mol. The van der Waals surface area contributed by atoms with Crippen molar-refractivity contribution >= 4 is 23.4 Å². The zero-order valence-electron chi connectivity index (χ0n) is 4.97. The number of aromatic nitrogens is 2. The molecule has 0 bridgehead atoms. The van der Waals surface area contributed by atoms with Crippen LogP contribution in [0.2, 0.25) is 0 Å². The van der Waals surface area contributed by atoms with E-state index < -0.39 is 0 Å². The van der Waals surface area contributed by atoms with E-state index in [1.807, 2.05) is 6.92 Å². The zero-order valence-corrected chi connectivity index (χ0v) is 6.61. The van der Waals surface area contributed by atoms with Crippen LogP contribution in [0, 0.1) is 6.92 Å². The van der Waals surface area contributed by atoms with Crippen LogP contribution in [0.25, 0.3) is 0 Å². The largest absolute Gasteiger partial charge is 0.220 e. The van der Waals surface area contributed by atoms with Crippen molar-refractivity contribution in [1.82, 2.24) is 10.2 Å². The fourth-order valence-electron chi connectivity index (χ4n) is 0.356. The van der Waals surface area contributed by atoms with Crippen molar-refractivity contribution in [2.75, 3.05) is 0 Å². The Labute approximate surface area is 65.1 Å². The van der Waals surface area contributed by atoms with E-state index in [4.69, 9.17) is 5.26 Å². The first-order valence-corrected chi connectivity index (χ1v) is 3.83. The molecule has 0 spiro atoms. The van der Waals surface area contributed by atoms with Crippen LogP contribution in [-0.2, 0) is 9.37 Å². The van der Waals surface area contributed by atoms with Crippen LogP contribution < -0.4 is 0 Å². The van der Waals surface area contributed by atoms with Gasteiger partial charge in [0.2, 0.25) is 4.34 Å². The molecule has 1 N–H and O–H groups in total. The number of aryl methyl sites for hydroxylation is 1.